The Kier molecular flexibility index (Phi) is 8.37. The number of nitrogens with one attached hydrogen (secondary N) is 3. The maximum Gasteiger partial charge on any atom is 0.416 e. The van der Waals surface area contributed by atoms with Gasteiger partial charge in [-0.3, -0.25) is 4.79 Å². The molecular weight excluding hydrogens is 495 g/mol. The summed E-state index contributed by atoms with van der Waals surface area (Å²) in [4.78, 5) is 12.2. The Morgan fingerprint density at radius 2 is 1.86 bits per heavy atom. The predicted octanol–water partition coefficient (Wildman–Crippen LogP) is 4.29. The van der Waals surface area contributed by atoms with Gasteiger partial charge < -0.3 is 15.4 Å². The quantitative estimate of drug-likeness (QED) is 0.476. The van der Waals surface area contributed by atoms with Gasteiger partial charge in [0.15, 0.2) is 0 Å². The summed E-state index contributed by atoms with van der Waals surface area (Å²) in [5.41, 5.74) is 0.790. The van der Waals surface area contributed by atoms with Crippen molar-refractivity contribution < 1.29 is 31.1 Å². The fourth-order valence-corrected chi connectivity index (χ4v) is 5.10. The molecule has 1 heterocycles. The van der Waals surface area contributed by atoms with E-state index in [1.54, 1.807) is 0 Å². The van der Waals surface area contributed by atoms with Gasteiger partial charge in [-0.15, -0.1) is 0 Å². The van der Waals surface area contributed by atoms with Gasteiger partial charge in [0.1, 0.15) is 5.75 Å². The molecule has 0 saturated carbocycles. The topological polar surface area (TPSA) is 96.5 Å². The SMILES string of the molecule is C[C@@H](CC(=O)N[C@@H]1CCOc2cc(CNC(C)(C)C)ccc21)NS(=O)(=O)c1cccc(C(F)(F)F)c1. The molecule has 0 radical (unpaired) electrons. The first-order chi connectivity index (χ1) is 16.6. The van der Waals surface area contributed by atoms with Gasteiger partial charge in [-0.2, -0.15) is 13.2 Å². The van der Waals surface area contributed by atoms with Crippen molar-refractivity contribution in [2.45, 2.75) is 75.8 Å². The number of fused-ring (bicyclic) bond motifs is 1. The van der Waals surface area contributed by atoms with Crippen LogP contribution in [0.4, 0.5) is 13.2 Å². The molecule has 2 aromatic carbocycles. The van der Waals surface area contributed by atoms with E-state index < -0.39 is 32.7 Å². The Labute approximate surface area is 209 Å². The number of ether oxygens (including phenoxy) is 1. The lowest BCUT2D eigenvalue weighted by Crippen LogP contribution is -2.39. The zero-order chi connectivity index (χ0) is 26.7. The number of hydrogen-bond donors (Lipinski definition) is 3. The number of benzene rings is 2. The van der Waals surface area contributed by atoms with Crippen molar-refractivity contribution in [3.63, 3.8) is 0 Å². The van der Waals surface area contributed by atoms with Gasteiger partial charge in [0.05, 0.1) is 23.1 Å². The number of alkyl halides is 3. The molecule has 0 fully saturated rings. The first kappa shape index (κ1) is 27.9. The highest BCUT2D eigenvalue weighted by Gasteiger charge is 2.32. The van der Waals surface area contributed by atoms with E-state index in [-0.39, 0.29) is 23.9 Å². The number of carbonyl (C=O) groups excluding carboxylic acids is 1. The van der Waals surface area contributed by atoms with E-state index in [0.29, 0.717) is 31.4 Å². The Balaban J connectivity index is 1.61. The summed E-state index contributed by atoms with van der Waals surface area (Å²) < 4.78 is 72.1. The number of carbonyl (C=O) groups is 1. The van der Waals surface area contributed by atoms with Crippen molar-refractivity contribution in [3.8, 4) is 5.75 Å². The molecule has 7 nitrogen and oxygen atoms in total. The van der Waals surface area contributed by atoms with Gasteiger partial charge in [0, 0.05) is 36.5 Å². The molecule has 1 aliphatic rings. The second-order valence-electron chi connectivity index (χ2n) is 9.99. The van der Waals surface area contributed by atoms with Gasteiger partial charge in [0.25, 0.3) is 0 Å². The van der Waals surface area contributed by atoms with Crippen LogP contribution in [0.15, 0.2) is 47.4 Å². The van der Waals surface area contributed by atoms with Gasteiger partial charge in [-0.05, 0) is 57.5 Å². The standard InChI is InChI=1S/C25H32F3N3O4S/c1-16(31-36(33,34)19-7-5-6-18(14-19)25(26,27)28)12-23(32)30-21-10-11-35-22-13-17(8-9-20(21)22)15-29-24(2,3)4/h5-9,13-14,16,21,29,31H,10-12,15H2,1-4H3,(H,30,32)/t16-,21+/m0/s1. The minimum absolute atomic E-state index is 0.0351. The molecule has 3 rings (SSSR count). The van der Waals surface area contributed by atoms with Crippen molar-refractivity contribution in [3.05, 3.63) is 59.2 Å². The smallest absolute Gasteiger partial charge is 0.416 e. The average molecular weight is 528 g/mol. The molecule has 1 aliphatic heterocycles. The first-order valence-corrected chi connectivity index (χ1v) is 13.1. The molecular formula is C25H32F3N3O4S. The van der Waals surface area contributed by atoms with Crippen LogP contribution < -0.4 is 20.1 Å². The van der Waals surface area contributed by atoms with Gasteiger partial charge in [0.2, 0.25) is 15.9 Å². The van der Waals surface area contributed by atoms with Crippen molar-refractivity contribution in [2.75, 3.05) is 6.61 Å². The minimum Gasteiger partial charge on any atom is -0.493 e. The molecule has 1 amide bonds. The molecule has 198 valence electrons. The van der Waals surface area contributed by atoms with Crippen LogP contribution in [0.25, 0.3) is 0 Å². The van der Waals surface area contributed by atoms with E-state index in [1.807, 2.05) is 18.2 Å². The van der Waals surface area contributed by atoms with Crippen LogP contribution in [0, 0.1) is 0 Å². The summed E-state index contributed by atoms with van der Waals surface area (Å²) in [5, 5.41) is 6.33. The van der Waals surface area contributed by atoms with Gasteiger partial charge in [-0.25, -0.2) is 13.1 Å². The molecule has 36 heavy (non-hydrogen) atoms. The molecule has 2 aromatic rings. The minimum atomic E-state index is -4.67. The number of amides is 1. The van der Waals surface area contributed by atoms with Crippen molar-refractivity contribution in [1.29, 1.82) is 0 Å². The van der Waals surface area contributed by atoms with Crippen LogP contribution in [0.5, 0.6) is 5.75 Å². The van der Waals surface area contributed by atoms with Crippen LogP contribution in [-0.2, 0) is 27.5 Å². The number of hydrogen-bond acceptors (Lipinski definition) is 5. The summed E-state index contributed by atoms with van der Waals surface area (Å²) in [7, 11) is -4.25. The highest BCUT2D eigenvalue weighted by Crippen LogP contribution is 2.33. The lowest BCUT2D eigenvalue weighted by atomic mass is 9.98. The molecule has 0 spiro atoms. The van der Waals surface area contributed by atoms with E-state index in [9.17, 15) is 26.4 Å². The number of rotatable bonds is 8. The van der Waals surface area contributed by atoms with E-state index in [4.69, 9.17) is 4.74 Å². The predicted molar refractivity (Wildman–Crippen MR) is 130 cm³/mol. The lowest BCUT2D eigenvalue weighted by Gasteiger charge is -2.28. The molecule has 3 N–H and O–H groups in total. The summed E-state index contributed by atoms with van der Waals surface area (Å²) in [6.45, 7) is 8.81. The molecule has 0 bridgehead atoms. The van der Waals surface area contributed by atoms with Crippen LogP contribution in [0.3, 0.4) is 0 Å². The van der Waals surface area contributed by atoms with Gasteiger partial charge in [-0.1, -0.05) is 18.2 Å². The van der Waals surface area contributed by atoms with Crippen molar-refractivity contribution in [2.24, 2.45) is 0 Å². The number of sulfonamides is 1. The monoisotopic (exact) mass is 527 g/mol. The fourth-order valence-electron chi connectivity index (χ4n) is 3.81. The second kappa shape index (κ2) is 10.8. The molecule has 11 heteroatoms. The molecule has 0 saturated heterocycles. The maximum absolute atomic E-state index is 12.9. The maximum atomic E-state index is 12.9. The Morgan fingerprint density at radius 3 is 2.53 bits per heavy atom. The Morgan fingerprint density at radius 1 is 1.14 bits per heavy atom. The van der Waals surface area contributed by atoms with Crippen LogP contribution in [0.1, 0.15) is 63.3 Å². The Bertz CT molecular complexity index is 1190. The highest BCUT2D eigenvalue weighted by molar-refractivity contribution is 7.89. The second-order valence-corrected chi connectivity index (χ2v) is 11.7. The largest absolute Gasteiger partial charge is 0.493 e. The first-order valence-electron chi connectivity index (χ1n) is 11.6. The van der Waals surface area contributed by atoms with Crippen molar-refractivity contribution in [1.82, 2.24) is 15.4 Å². The Hall–Kier alpha value is -2.63. The van der Waals surface area contributed by atoms with Crippen LogP contribution in [-0.4, -0.2) is 32.5 Å². The average Bonchev–Trinajstić information content (AvgIpc) is 2.76. The van der Waals surface area contributed by atoms with E-state index >= 15 is 0 Å². The third kappa shape index (κ3) is 7.68. The lowest BCUT2D eigenvalue weighted by molar-refractivity contribution is -0.137. The molecule has 0 aliphatic carbocycles. The summed E-state index contributed by atoms with van der Waals surface area (Å²) in [6, 6.07) is 8.17. The van der Waals surface area contributed by atoms with Crippen LogP contribution in [0.2, 0.25) is 0 Å². The molecule has 2 atom stereocenters. The van der Waals surface area contributed by atoms with Crippen LogP contribution >= 0.6 is 0 Å². The summed E-state index contributed by atoms with van der Waals surface area (Å²) in [5.74, 6) is 0.309. The van der Waals surface area contributed by atoms with E-state index in [0.717, 1.165) is 29.3 Å². The van der Waals surface area contributed by atoms with E-state index in [1.165, 1.54) is 6.92 Å². The normalized spacial score (nSPS) is 17.1. The molecule has 0 unspecified atom stereocenters. The zero-order valence-corrected chi connectivity index (χ0v) is 21.5. The fraction of sp³-hybridized carbons (Fsp3) is 0.480. The third-order valence-corrected chi connectivity index (χ3v) is 7.18. The van der Waals surface area contributed by atoms with E-state index in [2.05, 4.69) is 36.1 Å². The van der Waals surface area contributed by atoms with Crippen molar-refractivity contribution >= 4 is 15.9 Å². The van der Waals surface area contributed by atoms with Gasteiger partial charge >= 0.3 is 6.18 Å². The third-order valence-electron chi connectivity index (χ3n) is 5.60. The highest BCUT2D eigenvalue weighted by atomic mass is 32.2. The number of halogens is 3. The summed E-state index contributed by atoms with van der Waals surface area (Å²) >= 11 is 0. The summed E-state index contributed by atoms with van der Waals surface area (Å²) in [6.07, 6.45) is -4.29. The molecule has 0 aromatic heterocycles. The zero-order valence-electron chi connectivity index (χ0n) is 20.7.